The van der Waals surface area contributed by atoms with E-state index in [2.05, 4.69) is 11.8 Å². The smallest absolute Gasteiger partial charge is 0.416 e. The number of hydrogen-bond acceptors (Lipinski definition) is 5. The van der Waals surface area contributed by atoms with E-state index in [1.807, 2.05) is 6.92 Å². The van der Waals surface area contributed by atoms with Crippen molar-refractivity contribution in [1.29, 1.82) is 0 Å². The van der Waals surface area contributed by atoms with Crippen LogP contribution in [-0.4, -0.2) is 44.9 Å². The zero-order valence-corrected chi connectivity index (χ0v) is 25.0. The van der Waals surface area contributed by atoms with Crippen LogP contribution in [-0.2, 0) is 23.6 Å². The number of rotatable bonds is 10. The van der Waals surface area contributed by atoms with Gasteiger partial charge < -0.3 is 19.1 Å². The highest BCUT2D eigenvalue weighted by Gasteiger charge is 2.40. The van der Waals surface area contributed by atoms with Crippen LogP contribution in [0.15, 0.2) is 30.3 Å². The Balaban J connectivity index is 0.00000616. The van der Waals surface area contributed by atoms with Crippen LogP contribution in [0.3, 0.4) is 0 Å². The predicted octanol–water partition coefficient (Wildman–Crippen LogP) is 8.65. The molecule has 1 aliphatic heterocycles. The van der Waals surface area contributed by atoms with Crippen LogP contribution in [0.5, 0.6) is 11.5 Å². The van der Waals surface area contributed by atoms with E-state index >= 15 is 0 Å². The summed E-state index contributed by atoms with van der Waals surface area (Å²) in [6, 6.07) is 3.97. The van der Waals surface area contributed by atoms with Crippen LogP contribution in [0.2, 0.25) is 0 Å². The normalized spacial score (nSPS) is 16.8. The lowest BCUT2D eigenvalue weighted by molar-refractivity contribution is -0.143. The van der Waals surface area contributed by atoms with E-state index in [1.54, 1.807) is 12.1 Å². The van der Waals surface area contributed by atoms with Gasteiger partial charge in [-0.3, -0.25) is 4.90 Å². The number of fused-ring (bicyclic) bond motifs is 1. The molecular weight excluding hydrogens is 590 g/mol. The molecule has 0 bridgehead atoms. The Labute approximate surface area is 248 Å². The van der Waals surface area contributed by atoms with E-state index in [0.717, 1.165) is 45.0 Å². The minimum Gasteiger partial charge on any atom is -0.493 e. The maximum atomic E-state index is 13.5. The maximum absolute atomic E-state index is 13.5. The Kier molecular flexibility index (Phi) is 12.1. The molecule has 6 nitrogen and oxygen atoms in total. The van der Waals surface area contributed by atoms with Crippen LogP contribution in [0.1, 0.15) is 74.2 Å². The van der Waals surface area contributed by atoms with Crippen LogP contribution >= 0.6 is 12.4 Å². The third kappa shape index (κ3) is 8.08. The molecule has 0 spiro atoms. The molecule has 2 aromatic rings. The van der Waals surface area contributed by atoms with Crippen molar-refractivity contribution in [2.75, 3.05) is 32.8 Å². The minimum absolute atomic E-state index is 0. The first-order valence-electron chi connectivity index (χ1n) is 13.4. The molecule has 0 saturated heterocycles. The molecule has 1 amide bonds. The Morgan fingerprint density at radius 2 is 1.48 bits per heavy atom. The van der Waals surface area contributed by atoms with E-state index < -0.39 is 42.2 Å². The average Bonchev–Trinajstić information content (AvgIpc) is 2.92. The fourth-order valence-electron chi connectivity index (χ4n) is 5.29. The zero-order valence-electron chi connectivity index (χ0n) is 24.2. The van der Waals surface area contributed by atoms with Crippen LogP contribution < -0.4 is 14.4 Å². The van der Waals surface area contributed by atoms with Gasteiger partial charge in [0.1, 0.15) is 0 Å². The fourth-order valence-corrected chi connectivity index (χ4v) is 5.29. The molecule has 0 radical (unpaired) electrons. The van der Waals surface area contributed by atoms with Crippen molar-refractivity contribution >= 4 is 24.2 Å². The van der Waals surface area contributed by atoms with Gasteiger partial charge in [-0.1, -0.05) is 26.2 Å². The zero-order chi connectivity index (χ0) is 30.5. The van der Waals surface area contributed by atoms with Crippen molar-refractivity contribution in [3.63, 3.8) is 0 Å². The first-order valence-corrected chi connectivity index (χ1v) is 13.4. The summed E-state index contributed by atoms with van der Waals surface area (Å²) in [5.74, 6) is 0.829. The second kappa shape index (κ2) is 14.4. The number of hydrogen-bond donors (Lipinski definition) is 0. The summed E-state index contributed by atoms with van der Waals surface area (Å²) in [6.07, 6.45) is -6.46. The summed E-state index contributed by atoms with van der Waals surface area (Å²) in [5.41, 5.74) is -1.85. The Morgan fingerprint density at radius 1 is 0.905 bits per heavy atom. The van der Waals surface area contributed by atoms with Gasteiger partial charge in [-0.15, -0.1) is 12.4 Å². The third-order valence-electron chi connectivity index (χ3n) is 7.34. The molecule has 0 fully saturated rings. The lowest BCUT2D eigenvalue weighted by atomic mass is 9.89. The van der Waals surface area contributed by atoms with E-state index in [9.17, 15) is 31.1 Å². The molecule has 3 rings (SSSR count). The van der Waals surface area contributed by atoms with Crippen molar-refractivity contribution in [3.8, 4) is 11.5 Å². The number of nitrogens with zero attached hydrogens (tertiary/aromatic N) is 2. The molecule has 2 atom stereocenters. The summed E-state index contributed by atoms with van der Waals surface area (Å²) in [6.45, 7) is 4.26. The Hall–Kier alpha value is -3.02. The minimum atomic E-state index is -5.01. The maximum Gasteiger partial charge on any atom is 0.416 e. The lowest BCUT2D eigenvalue weighted by Crippen LogP contribution is -2.45. The van der Waals surface area contributed by atoms with Gasteiger partial charge in [0.15, 0.2) is 11.5 Å². The Bertz CT molecular complexity index is 1180. The van der Waals surface area contributed by atoms with Crippen LogP contribution in [0.25, 0.3) is 0 Å². The van der Waals surface area contributed by atoms with E-state index in [1.165, 1.54) is 19.1 Å². The highest BCUT2D eigenvalue weighted by atomic mass is 35.5. The number of methoxy groups -OCH3 is 3. The molecule has 0 aliphatic carbocycles. The number of anilines is 1. The summed E-state index contributed by atoms with van der Waals surface area (Å²) < 4.78 is 97.2. The SMILES string of the molecule is CCCCCCN1c2cc(OC)c(OC)cc2[C@H](N(Cc2cc(C(F)(F)F)cc(C(F)(F)F)c2)C(=O)OC)C[C@@H]1C.Cl. The molecular formula is C29H37ClF6N2O4. The van der Waals surface area contributed by atoms with Gasteiger partial charge in [0.05, 0.1) is 38.5 Å². The molecule has 236 valence electrons. The number of amides is 1. The van der Waals surface area contributed by atoms with Crippen LogP contribution in [0.4, 0.5) is 36.8 Å². The summed E-state index contributed by atoms with van der Waals surface area (Å²) in [5, 5.41) is 0. The van der Waals surface area contributed by atoms with Gasteiger partial charge in [0.2, 0.25) is 0 Å². The number of benzene rings is 2. The molecule has 1 aliphatic rings. The van der Waals surface area contributed by atoms with E-state index in [-0.39, 0.29) is 30.1 Å². The van der Waals surface area contributed by atoms with Gasteiger partial charge in [-0.25, -0.2) is 4.79 Å². The third-order valence-corrected chi connectivity index (χ3v) is 7.34. The number of halogens is 7. The molecule has 1 heterocycles. The van der Waals surface area contributed by atoms with Gasteiger partial charge in [0, 0.05) is 36.4 Å². The molecule has 0 saturated carbocycles. The standard InChI is InChI=1S/C29H36F6N2O4.ClH/c1-6-7-8-9-10-36-18(2)11-23(22-15-25(39-3)26(40-4)16-24(22)36)37(27(38)41-5)17-19-12-20(28(30,31)32)14-21(13-19)29(33,34)35;/h12-16,18,23H,6-11,17H2,1-5H3;1H/t18-,23+;/m0./s1. The topological polar surface area (TPSA) is 51.2 Å². The van der Waals surface area contributed by atoms with Crippen molar-refractivity contribution in [2.24, 2.45) is 0 Å². The fraction of sp³-hybridized carbons (Fsp3) is 0.552. The molecule has 13 heteroatoms. The van der Waals surface area contributed by atoms with Crippen molar-refractivity contribution < 1.29 is 45.3 Å². The van der Waals surface area contributed by atoms with Crippen molar-refractivity contribution in [1.82, 2.24) is 4.90 Å². The number of ether oxygens (including phenoxy) is 3. The monoisotopic (exact) mass is 626 g/mol. The summed E-state index contributed by atoms with van der Waals surface area (Å²) in [4.78, 5) is 16.4. The van der Waals surface area contributed by atoms with Gasteiger partial charge in [-0.05, 0) is 49.6 Å². The molecule has 0 aromatic heterocycles. The number of alkyl halides is 6. The lowest BCUT2D eigenvalue weighted by Gasteiger charge is -2.44. The van der Waals surface area contributed by atoms with Gasteiger partial charge in [0.25, 0.3) is 0 Å². The largest absolute Gasteiger partial charge is 0.493 e. The first kappa shape index (κ1) is 35.2. The molecule has 0 N–H and O–H groups in total. The van der Waals surface area contributed by atoms with Crippen molar-refractivity contribution in [2.45, 2.75) is 76.9 Å². The van der Waals surface area contributed by atoms with Crippen LogP contribution in [0, 0.1) is 0 Å². The molecule has 0 unspecified atom stereocenters. The summed E-state index contributed by atoms with van der Waals surface area (Å²) >= 11 is 0. The molecule has 42 heavy (non-hydrogen) atoms. The number of unbranched alkanes of at least 4 members (excludes halogenated alkanes) is 3. The Morgan fingerprint density at radius 3 is 1.98 bits per heavy atom. The highest BCUT2D eigenvalue weighted by molar-refractivity contribution is 5.85. The molecule has 2 aromatic carbocycles. The van der Waals surface area contributed by atoms with Gasteiger partial charge in [-0.2, -0.15) is 26.3 Å². The second-order valence-electron chi connectivity index (χ2n) is 10.1. The van der Waals surface area contributed by atoms with Crippen molar-refractivity contribution in [3.05, 3.63) is 52.6 Å². The van der Waals surface area contributed by atoms with E-state index in [0.29, 0.717) is 35.6 Å². The quantitative estimate of drug-likeness (QED) is 0.195. The van der Waals surface area contributed by atoms with E-state index in [4.69, 9.17) is 14.2 Å². The highest BCUT2D eigenvalue weighted by Crippen LogP contribution is 2.47. The predicted molar refractivity (Wildman–Crippen MR) is 149 cm³/mol. The second-order valence-corrected chi connectivity index (χ2v) is 10.1. The number of carbonyl (C=O) groups excluding carboxylic acids is 1. The van der Waals surface area contributed by atoms with Gasteiger partial charge >= 0.3 is 18.4 Å². The first-order chi connectivity index (χ1) is 19.2. The summed E-state index contributed by atoms with van der Waals surface area (Å²) in [7, 11) is 4.06. The average molecular weight is 627 g/mol. The number of carbonyl (C=O) groups is 1.